The molecule has 0 unspecified atom stereocenters. The van der Waals surface area contributed by atoms with Gasteiger partial charge in [0.15, 0.2) is 0 Å². The van der Waals surface area contributed by atoms with E-state index in [1.54, 1.807) is 0 Å². The summed E-state index contributed by atoms with van der Waals surface area (Å²) >= 11 is 0. The van der Waals surface area contributed by atoms with Crippen LogP contribution in [-0.4, -0.2) is 6.29 Å². The van der Waals surface area contributed by atoms with Gasteiger partial charge in [-0.25, -0.2) is 0 Å². The van der Waals surface area contributed by atoms with E-state index in [0.29, 0.717) is 5.41 Å². The normalized spacial score (nSPS) is 21.4. The molecule has 52 valence electrons. The number of rotatable bonds is 4. The van der Waals surface area contributed by atoms with Crippen molar-refractivity contribution in [3.05, 3.63) is 0 Å². The van der Waals surface area contributed by atoms with Crippen LogP contribution in [0.15, 0.2) is 0 Å². The van der Waals surface area contributed by atoms with Gasteiger partial charge in [-0.1, -0.05) is 13.3 Å². The van der Waals surface area contributed by atoms with E-state index in [4.69, 9.17) is 0 Å². The van der Waals surface area contributed by atoms with Gasteiger partial charge < -0.3 is 4.79 Å². The molecular weight excluding hydrogens is 112 g/mol. The monoisotopic (exact) mass is 126 g/mol. The highest BCUT2D eigenvalue weighted by molar-refractivity contribution is 5.49. The van der Waals surface area contributed by atoms with E-state index in [1.165, 1.54) is 19.3 Å². The van der Waals surface area contributed by atoms with Crippen LogP contribution in [0.5, 0.6) is 0 Å². The largest absolute Gasteiger partial charge is 0.303 e. The summed E-state index contributed by atoms with van der Waals surface area (Å²) < 4.78 is 0. The second-order valence-electron chi connectivity index (χ2n) is 3.06. The maximum atomic E-state index is 10.00. The number of hydrogen-bond donors (Lipinski definition) is 0. The zero-order valence-corrected chi connectivity index (χ0v) is 6.02. The molecule has 1 saturated carbocycles. The first kappa shape index (κ1) is 6.79. The third-order valence-corrected chi connectivity index (χ3v) is 2.50. The predicted octanol–water partition coefficient (Wildman–Crippen LogP) is 2.16. The fraction of sp³-hybridized carbons (Fsp3) is 0.875. The number of hydrogen-bond acceptors (Lipinski definition) is 1. The van der Waals surface area contributed by atoms with Crippen LogP contribution in [0.25, 0.3) is 0 Å². The Kier molecular flexibility index (Phi) is 1.89. The molecular formula is C8H14O. The van der Waals surface area contributed by atoms with Crippen molar-refractivity contribution in [3.8, 4) is 0 Å². The second kappa shape index (κ2) is 2.51. The van der Waals surface area contributed by atoms with Crippen molar-refractivity contribution < 1.29 is 4.79 Å². The third-order valence-electron chi connectivity index (χ3n) is 2.50. The molecule has 9 heavy (non-hydrogen) atoms. The lowest BCUT2D eigenvalue weighted by molar-refractivity contribution is -0.108. The lowest BCUT2D eigenvalue weighted by atomic mass is 9.98. The minimum absolute atomic E-state index is 0.612. The standard InChI is InChI=1S/C8H14O/c1-2-8(5-6-8)4-3-7-9/h7H,2-6H2,1H3. The smallest absolute Gasteiger partial charge is 0.120 e. The Bertz CT molecular complexity index is 103. The third kappa shape index (κ3) is 1.54. The maximum absolute atomic E-state index is 10.00. The summed E-state index contributed by atoms with van der Waals surface area (Å²) in [5.41, 5.74) is 0.612. The minimum atomic E-state index is 0.612. The Balaban J connectivity index is 2.17. The van der Waals surface area contributed by atoms with Crippen LogP contribution in [-0.2, 0) is 4.79 Å². The maximum Gasteiger partial charge on any atom is 0.120 e. The fourth-order valence-electron chi connectivity index (χ4n) is 1.32. The van der Waals surface area contributed by atoms with Gasteiger partial charge in [-0.05, 0) is 24.7 Å². The fourth-order valence-corrected chi connectivity index (χ4v) is 1.32. The summed E-state index contributed by atoms with van der Waals surface area (Å²) in [5.74, 6) is 0. The molecule has 0 aromatic heterocycles. The molecule has 0 saturated heterocycles. The van der Waals surface area contributed by atoms with Crippen LogP contribution >= 0.6 is 0 Å². The van der Waals surface area contributed by atoms with Crippen LogP contribution in [0.2, 0.25) is 0 Å². The van der Waals surface area contributed by atoms with E-state index >= 15 is 0 Å². The first-order valence-electron chi connectivity index (χ1n) is 3.77. The molecule has 1 aliphatic carbocycles. The molecule has 1 rings (SSSR count). The number of aldehydes is 1. The van der Waals surface area contributed by atoms with Crippen LogP contribution in [0, 0.1) is 5.41 Å². The average molecular weight is 126 g/mol. The summed E-state index contributed by atoms with van der Waals surface area (Å²) in [6, 6.07) is 0. The van der Waals surface area contributed by atoms with Gasteiger partial charge in [0, 0.05) is 6.42 Å². The van der Waals surface area contributed by atoms with Gasteiger partial charge in [-0.3, -0.25) is 0 Å². The quantitative estimate of drug-likeness (QED) is 0.527. The van der Waals surface area contributed by atoms with Crippen molar-refractivity contribution in [3.63, 3.8) is 0 Å². The molecule has 0 aromatic carbocycles. The summed E-state index contributed by atoms with van der Waals surface area (Å²) in [6.07, 6.45) is 6.92. The molecule has 0 spiro atoms. The predicted molar refractivity (Wildman–Crippen MR) is 37.3 cm³/mol. The first-order valence-corrected chi connectivity index (χ1v) is 3.77. The molecule has 1 fully saturated rings. The summed E-state index contributed by atoms with van der Waals surface area (Å²) in [5, 5.41) is 0. The zero-order chi connectivity index (χ0) is 6.74. The summed E-state index contributed by atoms with van der Waals surface area (Å²) in [6.45, 7) is 2.22. The van der Waals surface area contributed by atoms with Crippen LogP contribution in [0.1, 0.15) is 39.0 Å². The van der Waals surface area contributed by atoms with Crippen molar-refractivity contribution in [1.82, 2.24) is 0 Å². The summed E-state index contributed by atoms with van der Waals surface area (Å²) in [7, 11) is 0. The van der Waals surface area contributed by atoms with Crippen molar-refractivity contribution in [2.75, 3.05) is 0 Å². The van der Waals surface area contributed by atoms with Gasteiger partial charge in [-0.15, -0.1) is 0 Å². The molecule has 1 nitrogen and oxygen atoms in total. The van der Waals surface area contributed by atoms with E-state index < -0.39 is 0 Å². The number of carbonyl (C=O) groups is 1. The van der Waals surface area contributed by atoms with Gasteiger partial charge in [0.2, 0.25) is 0 Å². The van der Waals surface area contributed by atoms with E-state index in [0.717, 1.165) is 19.1 Å². The van der Waals surface area contributed by atoms with Crippen molar-refractivity contribution in [2.24, 2.45) is 5.41 Å². The Morgan fingerprint density at radius 2 is 2.22 bits per heavy atom. The summed E-state index contributed by atoms with van der Waals surface area (Å²) in [4.78, 5) is 10.00. The highest BCUT2D eigenvalue weighted by Crippen LogP contribution is 2.52. The molecule has 0 heterocycles. The van der Waals surface area contributed by atoms with E-state index in [1.807, 2.05) is 0 Å². The van der Waals surface area contributed by atoms with Crippen molar-refractivity contribution >= 4 is 6.29 Å². The highest BCUT2D eigenvalue weighted by atomic mass is 16.1. The van der Waals surface area contributed by atoms with Gasteiger partial charge >= 0.3 is 0 Å². The Hall–Kier alpha value is -0.330. The van der Waals surface area contributed by atoms with E-state index in [2.05, 4.69) is 6.92 Å². The van der Waals surface area contributed by atoms with Crippen LogP contribution in [0.3, 0.4) is 0 Å². The molecule has 1 heteroatoms. The lowest BCUT2D eigenvalue weighted by Crippen LogP contribution is -1.97. The Morgan fingerprint density at radius 1 is 1.56 bits per heavy atom. The molecule has 0 aliphatic heterocycles. The van der Waals surface area contributed by atoms with Crippen molar-refractivity contribution in [2.45, 2.75) is 39.0 Å². The van der Waals surface area contributed by atoms with E-state index in [-0.39, 0.29) is 0 Å². The number of carbonyl (C=O) groups excluding carboxylic acids is 1. The molecule has 0 radical (unpaired) electrons. The van der Waals surface area contributed by atoms with Crippen LogP contribution < -0.4 is 0 Å². The zero-order valence-electron chi connectivity index (χ0n) is 6.02. The van der Waals surface area contributed by atoms with Gasteiger partial charge in [0.25, 0.3) is 0 Å². The van der Waals surface area contributed by atoms with Crippen LogP contribution in [0.4, 0.5) is 0 Å². The Labute approximate surface area is 56.4 Å². The molecule has 0 bridgehead atoms. The SMILES string of the molecule is CCC1(CCC=O)CC1. The molecule has 0 amide bonds. The van der Waals surface area contributed by atoms with Gasteiger partial charge in [0.05, 0.1) is 0 Å². The molecule has 0 atom stereocenters. The van der Waals surface area contributed by atoms with Gasteiger partial charge in [0.1, 0.15) is 6.29 Å². The Morgan fingerprint density at radius 3 is 2.56 bits per heavy atom. The minimum Gasteiger partial charge on any atom is -0.303 e. The molecule has 0 N–H and O–H groups in total. The van der Waals surface area contributed by atoms with Gasteiger partial charge in [-0.2, -0.15) is 0 Å². The molecule has 0 aromatic rings. The second-order valence-corrected chi connectivity index (χ2v) is 3.06. The molecule has 1 aliphatic rings. The first-order chi connectivity index (χ1) is 4.33. The average Bonchev–Trinajstić information content (AvgIpc) is 2.65. The lowest BCUT2D eigenvalue weighted by Gasteiger charge is -2.07. The topological polar surface area (TPSA) is 17.1 Å². The van der Waals surface area contributed by atoms with E-state index in [9.17, 15) is 4.79 Å². The van der Waals surface area contributed by atoms with Crippen molar-refractivity contribution in [1.29, 1.82) is 0 Å². The highest BCUT2D eigenvalue weighted by Gasteiger charge is 2.39.